The molecule has 0 aliphatic heterocycles. The Hall–Kier alpha value is 0.0700. The van der Waals surface area contributed by atoms with Crippen LogP contribution in [0.25, 0.3) is 0 Å². The SMILES string of the molecule is OCCc1sc(C2CCCCC2)nc1Br. The molecule has 0 amide bonds. The van der Waals surface area contributed by atoms with Crippen LogP contribution >= 0.6 is 27.3 Å². The Morgan fingerprint density at radius 1 is 1.33 bits per heavy atom. The van der Waals surface area contributed by atoms with E-state index in [0.717, 1.165) is 11.0 Å². The first-order valence-electron chi connectivity index (χ1n) is 5.57. The Bertz CT molecular complexity index is 320. The standard InChI is InChI=1S/C11H16BrNOS/c12-10-9(6-7-14)15-11(13-10)8-4-2-1-3-5-8/h8,14H,1-7H2. The fraction of sp³-hybridized carbons (Fsp3) is 0.727. The van der Waals surface area contributed by atoms with Gasteiger partial charge < -0.3 is 5.11 Å². The van der Waals surface area contributed by atoms with E-state index in [1.54, 1.807) is 11.3 Å². The minimum atomic E-state index is 0.213. The summed E-state index contributed by atoms with van der Waals surface area (Å²) in [7, 11) is 0. The summed E-state index contributed by atoms with van der Waals surface area (Å²) in [6, 6.07) is 0. The molecule has 2 nitrogen and oxygen atoms in total. The average Bonchev–Trinajstić information content (AvgIpc) is 2.63. The third-order valence-electron chi connectivity index (χ3n) is 2.96. The number of nitrogens with zero attached hydrogens (tertiary/aromatic N) is 1. The summed E-state index contributed by atoms with van der Waals surface area (Å²) in [5.41, 5.74) is 0. The lowest BCUT2D eigenvalue weighted by Gasteiger charge is -2.18. The smallest absolute Gasteiger partial charge is 0.120 e. The van der Waals surface area contributed by atoms with Crippen LogP contribution in [-0.4, -0.2) is 16.7 Å². The molecule has 2 rings (SSSR count). The molecule has 0 saturated heterocycles. The van der Waals surface area contributed by atoms with E-state index in [-0.39, 0.29) is 6.61 Å². The zero-order chi connectivity index (χ0) is 10.7. The van der Waals surface area contributed by atoms with E-state index in [4.69, 9.17) is 5.11 Å². The highest BCUT2D eigenvalue weighted by atomic mass is 79.9. The molecule has 0 spiro atoms. The summed E-state index contributed by atoms with van der Waals surface area (Å²) in [6.07, 6.45) is 7.38. The predicted octanol–water partition coefficient (Wildman–Crippen LogP) is 3.49. The minimum Gasteiger partial charge on any atom is -0.396 e. The average molecular weight is 290 g/mol. The van der Waals surface area contributed by atoms with E-state index in [1.165, 1.54) is 42.0 Å². The number of halogens is 1. The van der Waals surface area contributed by atoms with Gasteiger partial charge >= 0.3 is 0 Å². The molecule has 1 aromatic rings. The van der Waals surface area contributed by atoms with Crippen LogP contribution in [0.1, 0.15) is 47.9 Å². The zero-order valence-electron chi connectivity index (χ0n) is 8.71. The summed E-state index contributed by atoms with van der Waals surface area (Å²) in [4.78, 5) is 5.77. The van der Waals surface area contributed by atoms with Crippen LogP contribution in [0.2, 0.25) is 0 Å². The van der Waals surface area contributed by atoms with Crippen molar-refractivity contribution in [3.05, 3.63) is 14.5 Å². The van der Waals surface area contributed by atoms with Crippen molar-refractivity contribution in [2.24, 2.45) is 0 Å². The van der Waals surface area contributed by atoms with E-state index in [0.29, 0.717) is 5.92 Å². The molecule has 1 aliphatic carbocycles. The molecule has 1 fully saturated rings. The lowest BCUT2D eigenvalue weighted by Crippen LogP contribution is -2.03. The second-order valence-electron chi connectivity index (χ2n) is 4.07. The maximum absolute atomic E-state index is 8.92. The molecule has 0 atom stereocenters. The summed E-state index contributed by atoms with van der Waals surface area (Å²) in [6.45, 7) is 0.213. The Kier molecular flexibility index (Phi) is 4.17. The van der Waals surface area contributed by atoms with Gasteiger partial charge in [0.05, 0.1) is 5.01 Å². The van der Waals surface area contributed by atoms with E-state index in [2.05, 4.69) is 20.9 Å². The van der Waals surface area contributed by atoms with Crippen LogP contribution in [0.5, 0.6) is 0 Å². The number of thiazole rings is 1. The first kappa shape index (κ1) is 11.6. The first-order chi connectivity index (χ1) is 7.31. The van der Waals surface area contributed by atoms with Gasteiger partial charge in [0.15, 0.2) is 0 Å². The molecular formula is C11H16BrNOS. The van der Waals surface area contributed by atoms with Gasteiger partial charge in [-0.15, -0.1) is 11.3 Å². The summed E-state index contributed by atoms with van der Waals surface area (Å²) >= 11 is 5.25. The number of aliphatic hydroxyl groups is 1. The Balaban J connectivity index is 2.10. The third-order valence-corrected chi connectivity index (χ3v) is 5.16. The highest BCUT2D eigenvalue weighted by Crippen LogP contribution is 2.37. The van der Waals surface area contributed by atoms with Crippen molar-refractivity contribution in [1.82, 2.24) is 4.98 Å². The molecule has 1 aromatic heterocycles. The van der Waals surface area contributed by atoms with Gasteiger partial charge in [0, 0.05) is 23.8 Å². The van der Waals surface area contributed by atoms with Gasteiger partial charge in [-0.25, -0.2) is 4.98 Å². The number of hydrogen-bond donors (Lipinski definition) is 1. The topological polar surface area (TPSA) is 33.1 Å². The first-order valence-corrected chi connectivity index (χ1v) is 7.18. The van der Waals surface area contributed by atoms with E-state index >= 15 is 0 Å². The maximum atomic E-state index is 8.92. The van der Waals surface area contributed by atoms with Crippen LogP contribution < -0.4 is 0 Å². The third kappa shape index (κ3) is 2.80. The lowest BCUT2D eigenvalue weighted by molar-refractivity contribution is 0.300. The molecule has 1 aliphatic rings. The van der Waals surface area contributed by atoms with Gasteiger partial charge in [-0.05, 0) is 28.8 Å². The Morgan fingerprint density at radius 3 is 2.73 bits per heavy atom. The molecular weight excluding hydrogens is 274 g/mol. The van der Waals surface area contributed by atoms with Crippen LogP contribution in [0.4, 0.5) is 0 Å². The fourth-order valence-corrected chi connectivity index (χ4v) is 3.99. The van der Waals surface area contributed by atoms with Gasteiger partial charge in [-0.3, -0.25) is 0 Å². The number of aromatic nitrogens is 1. The quantitative estimate of drug-likeness (QED) is 0.924. The summed E-state index contributed by atoms with van der Waals surface area (Å²) in [5, 5.41) is 10.2. The second kappa shape index (κ2) is 5.41. The Labute approximate surface area is 103 Å². The monoisotopic (exact) mass is 289 g/mol. The zero-order valence-corrected chi connectivity index (χ0v) is 11.1. The molecule has 15 heavy (non-hydrogen) atoms. The van der Waals surface area contributed by atoms with Crippen molar-refractivity contribution >= 4 is 27.3 Å². The van der Waals surface area contributed by atoms with Crippen LogP contribution in [0.3, 0.4) is 0 Å². The summed E-state index contributed by atoms with van der Waals surface area (Å²) < 4.78 is 0.946. The normalized spacial score (nSPS) is 18.3. The Morgan fingerprint density at radius 2 is 2.07 bits per heavy atom. The van der Waals surface area contributed by atoms with E-state index < -0.39 is 0 Å². The maximum Gasteiger partial charge on any atom is 0.120 e. The fourth-order valence-electron chi connectivity index (χ4n) is 2.13. The molecule has 4 heteroatoms. The van der Waals surface area contributed by atoms with Crippen molar-refractivity contribution in [1.29, 1.82) is 0 Å². The highest BCUT2D eigenvalue weighted by molar-refractivity contribution is 9.10. The number of aliphatic hydroxyl groups excluding tert-OH is 1. The van der Waals surface area contributed by atoms with Gasteiger partial charge in [0.25, 0.3) is 0 Å². The minimum absolute atomic E-state index is 0.213. The second-order valence-corrected chi connectivity index (χ2v) is 5.94. The van der Waals surface area contributed by atoms with Crippen LogP contribution in [0, 0.1) is 0 Å². The molecule has 84 valence electrons. The van der Waals surface area contributed by atoms with Crippen molar-refractivity contribution in [3.8, 4) is 0 Å². The van der Waals surface area contributed by atoms with Crippen LogP contribution in [-0.2, 0) is 6.42 Å². The lowest BCUT2D eigenvalue weighted by atomic mass is 9.90. The molecule has 1 heterocycles. The van der Waals surface area contributed by atoms with Gasteiger partial charge in [0.2, 0.25) is 0 Å². The van der Waals surface area contributed by atoms with Crippen molar-refractivity contribution in [3.63, 3.8) is 0 Å². The van der Waals surface area contributed by atoms with Crippen molar-refractivity contribution in [2.45, 2.75) is 44.4 Å². The van der Waals surface area contributed by atoms with Gasteiger partial charge in [-0.2, -0.15) is 0 Å². The van der Waals surface area contributed by atoms with Crippen molar-refractivity contribution < 1.29 is 5.11 Å². The van der Waals surface area contributed by atoms with Crippen molar-refractivity contribution in [2.75, 3.05) is 6.61 Å². The molecule has 0 aromatic carbocycles. The molecule has 1 saturated carbocycles. The van der Waals surface area contributed by atoms with Gasteiger partial charge in [0.1, 0.15) is 4.60 Å². The molecule has 0 bridgehead atoms. The number of hydrogen-bond acceptors (Lipinski definition) is 3. The largest absolute Gasteiger partial charge is 0.396 e. The van der Waals surface area contributed by atoms with Crippen LogP contribution in [0.15, 0.2) is 4.60 Å². The van der Waals surface area contributed by atoms with E-state index in [1.807, 2.05) is 0 Å². The molecule has 0 unspecified atom stereocenters. The predicted molar refractivity (Wildman–Crippen MR) is 66.4 cm³/mol. The highest BCUT2D eigenvalue weighted by Gasteiger charge is 2.20. The molecule has 0 radical (unpaired) electrons. The number of rotatable bonds is 3. The van der Waals surface area contributed by atoms with Gasteiger partial charge in [-0.1, -0.05) is 19.3 Å². The van der Waals surface area contributed by atoms with E-state index in [9.17, 15) is 0 Å². The molecule has 1 N–H and O–H groups in total. The summed E-state index contributed by atoms with van der Waals surface area (Å²) in [5.74, 6) is 0.674.